The van der Waals surface area contributed by atoms with Crippen molar-refractivity contribution in [3.05, 3.63) is 64.7 Å². The van der Waals surface area contributed by atoms with Crippen LogP contribution in [0.15, 0.2) is 47.4 Å². The van der Waals surface area contributed by atoms with Crippen molar-refractivity contribution >= 4 is 16.8 Å². The zero-order chi connectivity index (χ0) is 14.7. The van der Waals surface area contributed by atoms with Gasteiger partial charge in [-0.2, -0.15) is 0 Å². The van der Waals surface area contributed by atoms with E-state index in [9.17, 15) is 9.00 Å². The van der Waals surface area contributed by atoms with Gasteiger partial charge in [-0.3, -0.25) is 4.21 Å². The SMILES string of the molecule is Cc1ccc(C)c(CS(=O)c2ccc(C(=O)O)cc2)c1. The van der Waals surface area contributed by atoms with Gasteiger partial charge in [-0.05, 0) is 49.2 Å². The largest absolute Gasteiger partial charge is 0.478 e. The first kappa shape index (κ1) is 14.5. The van der Waals surface area contributed by atoms with E-state index in [0.717, 1.165) is 16.7 Å². The smallest absolute Gasteiger partial charge is 0.335 e. The van der Waals surface area contributed by atoms with Gasteiger partial charge in [0.2, 0.25) is 0 Å². The molecule has 2 aromatic carbocycles. The van der Waals surface area contributed by atoms with Gasteiger partial charge in [0.25, 0.3) is 0 Å². The molecular formula is C16H16O3S. The molecule has 0 heterocycles. The van der Waals surface area contributed by atoms with E-state index in [1.54, 1.807) is 12.1 Å². The van der Waals surface area contributed by atoms with Crippen molar-refractivity contribution in [2.45, 2.75) is 24.5 Å². The van der Waals surface area contributed by atoms with Crippen LogP contribution in [-0.2, 0) is 16.6 Å². The fourth-order valence-electron chi connectivity index (χ4n) is 1.93. The lowest BCUT2D eigenvalue weighted by Gasteiger charge is -2.07. The van der Waals surface area contributed by atoms with E-state index in [1.807, 2.05) is 32.0 Å². The van der Waals surface area contributed by atoms with Crippen LogP contribution >= 0.6 is 0 Å². The molecule has 104 valence electrons. The molecular weight excluding hydrogens is 272 g/mol. The Morgan fingerprint density at radius 3 is 2.35 bits per heavy atom. The van der Waals surface area contributed by atoms with Gasteiger partial charge in [-0.1, -0.05) is 23.8 Å². The van der Waals surface area contributed by atoms with Crippen LogP contribution in [0.5, 0.6) is 0 Å². The Kier molecular flexibility index (Phi) is 4.35. The summed E-state index contributed by atoms with van der Waals surface area (Å²) in [6, 6.07) is 12.3. The molecule has 2 rings (SSSR count). The number of carbonyl (C=O) groups is 1. The summed E-state index contributed by atoms with van der Waals surface area (Å²) in [7, 11) is -1.17. The first-order valence-electron chi connectivity index (χ1n) is 6.25. The minimum atomic E-state index is -1.17. The van der Waals surface area contributed by atoms with Crippen LogP contribution in [0.25, 0.3) is 0 Å². The molecule has 3 nitrogen and oxygen atoms in total. The number of carboxylic acid groups (broad SMARTS) is 1. The normalized spacial score (nSPS) is 12.1. The first-order chi connectivity index (χ1) is 9.47. The molecule has 0 bridgehead atoms. The van der Waals surface area contributed by atoms with E-state index in [-0.39, 0.29) is 5.56 Å². The van der Waals surface area contributed by atoms with E-state index in [4.69, 9.17) is 5.11 Å². The predicted octanol–water partition coefficient (Wildman–Crippen LogP) is 3.31. The summed E-state index contributed by atoms with van der Waals surface area (Å²) in [4.78, 5) is 11.4. The van der Waals surface area contributed by atoms with Crippen LogP contribution in [-0.4, -0.2) is 15.3 Å². The van der Waals surface area contributed by atoms with Crippen molar-refractivity contribution in [3.8, 4) is 0 Å². The maximum absolute atomic E-state index is 12.3. The topological polar surface area (TPSA) is 54.4 Å². The monoisotopic (exact) mass is 288 g/mol. The molecule has 20 heavy (non-hydrogen) atoms. The van der Waals surface area contributed by atoms with Gasteiger partial charge < -0.3 is 5.11 Å². The third-order valence-electron chi connectivity index (χ3n) is 3.16. The molecule has 0 aromatic heterocycles. The molecule has 0 aliphatic heterocycles. The number of rotatable bonds is 4. The molecule has 0 saturated carbocycles. The van der Waals surface area contributed by atoms with Gasteiger partial charge in [0.1, 0.15) is 0 Å². The van der Waals surface area contributed by atoms with Gasteiger partial charge in [-0.25, -0.2) is 4.79 Å². The molecule has 0 amide bonds. The Morgan fingerprint density at radius 1 is 1.10 bits per heavy atom. The Labute approximate surface area is 120 Å². The van der Waals surface area contributed by atoms with Crippen LogP contribution in [0, 0.1) is 13.8 Å². The van der Waals surface area contributed by atoms with Crippen LogP contribution < -0.4 is 0 Å². The standard InChI is InChI=1S/C16H16O3S/c1-11-3-4-12(2)14(9-11)10-20(19)15-7-5-13(6-8-15)16(17)18/h3-9H,10H2,1-2H3,(H,17,18). The maximum Gasteiger partial charge on any atom is 0.335 e. The van der Waals surface area contributed by atoms with Gasteiger partial charge >= 0.3 is 5.97 Å². The van der Waals surface area contributed by atoms with Crippen molar-refractivity contribution in [2.75, 3.05) is 0 Å². The van der Waals surface area contributed by atoms with Gasteiger partial charge in [0.05, 0.1) is 22.1 Å². The fraction of sp³-hybridized carbons (Fsp3) is 0.188. The highest BCUT2D eigenvalue weighted by atomic mass is 32.2. The molecule has 0 aliphatic carbocycles. The average Bonchev–Trinajstić information content (AvgIpc) is 2.43. The van der Waals surface area contributed by atoms with Crippen LogP contribution in [0.1, 0.15) is 27.0 Å². The molecule has 0 aliphatic rings. The molecule has 0 radical (unpaired) electrons. The number of benzene rings is 2. The summed E-state index contributed by atoms with van der Waals surface area (Å²) >= 11 is 0. The second-order valence-electron chi connectivity index (χ2n) is 4.75. The number of carboxylic acids is 1. The Morgan fingerprint density at radius 2 is 1.75 bits per heavy atom. The summed E-state index contributed by atoms with van der Waals surface area (Å²) in [5, 5.41) is 8.84. The number of hydrogen-bond donors (Lipinski definition) is 1. The molecule has 0 fully saturated rings. The van der Waals surface area contributed by atoms with E-state index in [1.165, 1.54) is 12.1 Å². The van der Waals surface area contributed by atoms with Crippen molar-refractivity contribution in [1.29, 1.82) is 0 Å². The lowest BCUT2D eigenvalue weighted by molar-refractivity contribution is 0.0697. The molecule has 4 heteroatoms. The van der Waals surface area contributed by atoms with Crippen molar-refractivity contribution in [3.63, 3.8) is 0 Å². The van der Waals surface area contributed by atoms with Gasteiger partial charge in [0, 0.05) is 4.90 Å². The third kappa shape index (κ3) is 3.33. The first-order valence-corrected chi connectivity index (χ1v) is 7.57. The second kappa shape index (κ2) is 6.01. The minimum absolute atomic E-state index is 0.206. The van der Waals surface area contributed by atoms with Gasteiger partial charge in [-0.15, -0.1) is 0 Å². The average molecular weight is 288 g/mol. The predicted molar refractivity (Wildman–Crippen MR) is 79.4 cm³/mol. The second-order valence-corrected chi connectivity index (χ2v) is 6.20. The maximum atomic E-state index is 12.3. The summed E-state index contributed by atoms with van der Waals surface area (Å²) in [5.41, 5.74) is 3.53. The Hall–Kier alpha value is -1.94. The Balaban J connectivity index is 2.19. The Bertz CT molecular complexity index is 660. The summed E-state index contributed by atoms with van der Waals surface area (Å²) < 4.78 is 12.3. The summed E-state index contributed by atoms with van der Waals surface area (Å²) in [6.07, 6.45) is 0. The van der Waals surface area contributed by atoms with E-state index >= 15 is 0 Å². The van der Waals surface area contributed by atoms with Crippen LogP contribution in [0.2, 0.25) is 0 Å². The fourth-order valence-corrected chi connectivity index (χ4v) is 3.13. The zero-order valence-corrected chi connectivity index (χ0v) is 12.2. The van der Waals surface area contributed by atoms with Gasteiger partial charge in [0.15, 0.2) is 0 Å². The molecule has 1 N–H and O–H groups in total. The van der Waals surface area contributed by atoms with E-state index in [0.29, 0.717) is 10.6 Å². The van der Waals surface area contributed by atoms with Crippen LogP contribution in [0.4, 0.5) is 0 Å². The molecule has 0 spiro atoms. The third-order valence-corrected chi connectivity index (χ3v) is 4.53. The van der Waals surface area contributed by atoms with Crippen molar-refractivity contribution in [2.24, 2.45) is 0 Å². The summed E-state index contributed by atoms with van der Waals surface area (Å²) in [5.74, 6) is -0.531. The molecule has 2 aromatic rings. The van der Waals surface area contributed by atoms with Crippen LogP contribution in [0.3, 0.4) is 0 Å². The van der Waals surface area contributed by atoms with Crippen molar-refractivity contribution in [1.82, 2.24) is 0 Å². The number of aryl methyl sites for hydroxylation is 2. The number of hydrogen-bond acceptors (Lipinski definition) is 2. The summed E-state index contributed by atoms with van der Waals surface area (Å²) in [6.45, 7) is 4.01. The van der Waals surface area contributed by atoms with E-state index in [2.05, 4.69) is 0 Å². The molecule has 1 atom stereocenters. The van der Waals surface area contributed by atoms with E-state index < -0.39 is 16.8 Å². The quantitative estimate of drug-likeness (QED) is 0.939. The highest BCUT2D eigenvalue weighted by Crippen LogP contribution is 2.17. The highest BCUT2D eigenvalue weighted by Gasteiger charge is 2.09. The lowest BCUT2D eigenvalue weighted by atomic mass is 10.1. The highest BCUT2D eigenvalue weighted by molar-refractivity contribution is 7.84. The molecule has 0 saturated heterocycles. The molecule has 1 unspecified atom stereocenters. The van der Waals surface area contributed by atoms with Crippen molar-refractivity contribution < 1.29 is 14.1 Å². The lowest BCUT2D eigenvalue weighted by Crippen LogP contribution is -2.01. The number of aromatic carboxylic acids is 1. The minimum Gasteiger partial charge on any atom is -0.478 e. The zero-order valence-electron chi connectivity index (χ0n) is 11.4.